The smallest absolute Gasteiger partial charge is 0.192 e. The Balaban J connectivity index is 2.47. The van der Waals surface area contributed by atoms with E-state index in [1.807, 2.05) is 0 Å². The van der Waals surface area contributed by atoms with Gasteiger partial charge in [0.2, 0.25) is 0 Å². The molecule has 0 radical (unpaired) electrons. The third-order valence-electron chi connectivity index (χ3n) is 3.46. The van der Waals surface area contributed by atoms with Crippen molar-refractivity contribution in [3.63, 3.8) is 0 Å². The van der Waals surface area contributed by atoms with Gasteiger partial charge in [-0.3, -0.25) is 0 Å². The van der Waals surface area contributed by atoms with Crippen molar-refractivity contribution >= 4 is 31.8 Å². The molecule has 2 aromatic carbocycles. The average Bonchev–Trinajstić information content (AvgIpc) is 2.60. The lowest BCUT2D eigenvalue weighted by Gasteiger charge is -2.10. The summed E-state index contributed by atoms with van der Waals surface area (Å²) in [4.78, 5) is -0.349. The van der Waals surface area contributed by atoms with Crippen molar-refractivity contribution < 1.29 is 17.9 Å². The van der Waals surface area contributed by atoms with Crippen LogP contribution in [0.25, 0.3) is 6.08 Å². The first-order valence-electron chi connectivity index (χ1n) is 7.21. The molecule has 0 unspecified atom stereocenters. The summed E-state index contributed by atoms with van der Waals surface area (Å²) in [6.07, 6.45) is 1.28. The van der Waals surface area contributed by atoms with Gasteiger partial charge in [0.15, 0.2) is 9.84 Å². The van der Waals surface area contributed by atoms with E-state index in [2.05, 4.69) is 15.9 Å². The van der Waals surface area contributed by atoms with E-state index in [1.54, 1.807) is 48.5 Å². The Labute approximate surface area is 155 Å². The topological polar surface area (TPSA) is 76.4 Å². The maximum absolute atomic E-state index is 12.6. The normalized spacial score (nSPS) is 11.7. The summed E-state index contributed by atoms with van der Waals surface area (Å²) in [6.45, 7) is 0. The molecule has 2 aromatic rings. The second kappa shape index (κ2) is 8.19. The molecule has 5 nitrogen and oxygen atoms in total. The van der Waals surface area contributed by atoms with Gasteiger partial charge < -0.3 is 9.47 Å². The highest BCUT2D eigenvalue weighted by atomic mass is 79.9. The Morgan fingerprint density at radius 2 is 1.68 bits per heavy atom. The summed E-state index contributed by atoms with van der Waals surface area (Å²) in [5, 5.41) is 9.39. The van der Waals surface area contributed by atoms with Crippen LogP contribution in [0, 0.1) is 11.3 Å². The van der Waals surface area contributed by atoms with Crippen LogP contribution < -0.4 is 9.47 Å². The molecule has 0 atom stereocenters. The highest BCUT2D eigenvalue weighted by Gasteiger charge is 2.20. The molecule has 25 heavy (non-hydrogen) atoms. The summed E-state index contributed by atoms with van der Waals surface area (Å²) >= 11 is 3.30. The van der Waals surface area contributed by atoms with Gasteiger partial charge >= 0.3 is 0 Å². The number of halogens is 1. The number of methoxy groups -OCH3 is 2. The first-order chi connectivity index (χ1) is 11.9. The van der Waals surface area contributed by atoms with Gasteiger partial charge in [-0.2, -0.15) is 5.26 Å². The van der Waals surface area contributed by atoms with Gasteiger partial charge in [-0.05, 0) is 35.9 Å². The molecule has 130 valence electrons. The molecule has 0 fully saturated rings. The van der Waals surface area contributed by atoms with Crippen LogP contribution in [0.4, 0.5) is 0 Å². The van der Waals surface area contributed by atoms with Gasteiger partial charge in [0.05, 0.1) is 25.5 Å². The number of nitrogens with zero attached hydrogens (tertiary/aromatic N) is 1. The third-order valence-corrected chi connectivity index (χ3v) is 5.58. The third kappa shape index (κ3) is 4.62. The number of allylic oxidation sites excluding steroid dienone is 1. The molecule has 0 N–H and O–H groups in total. The second-order valence-corrected chi connectivity index (χ2v) is 7.96. The van der Waals surface area contributed by atoms with E-state index >= 15 is 0 Å². The molecule has 0 amide bonds. The van der Waals surface area contributed by atoms with E-state index in [0.717, 1.165) is 4.47 Å². The first kappa shape index (κ1) is 19.0. The number of hydrogen-bond acceptors (Lipinski definition) is 5. The lowest BCUT2D eigenvalue weighted by Crippen LogP contribution is -2.07. The molecule has 0 saturated heterocycles. The molecule has 0 bridgehead atoms. The lowest BCUT2D eigenvalue weighted by molar-refractivity contribution is 0.392. The van der Waals surface area contributed by atoms with Crippen LogP contribution >= 0.6 is 15.9 Å². The van der Waals surface area contributed by atoms with E-state index in [-0.39, 0.29) is 10.7 Å². The minimum atomic E-state index is -3.81. The number of rotatable bonds is 6. The van der Waals surface area contributed by atoms with Gasteiger partial charge in [-0.1, -0.05) is 34.1 Å². The Morgan fingerprint density at radius 3 is 2.16 bits per heavy atom. The van der Waals surface area contributed by atoms with Crippen molar-refractivity contribution in [3.05, 3.63) is 63.0 Å². The van der Waals surface area contributed by atoms with E-state index in [0.29, 0.717) is 22.6 Å². The van der Waals surface area contributed by atoms with Crippen molar-refractivity contribution in [1.29, 1.82) is 5.26 Å². The van der Waals surface area contributed by atoms with Gasteiger partial charge in [0.1, 0.15) is 22.5 Å². The number of benzene rings is 2. The van der Waals surface area contributed by atoms with Crippen LogP contribution in [0.1, 0.15) is 11.1 Å². The zero-order valence-electron chi connectivity index (χ0n) is 13.7. The zero-order chi connectivity index (χ0) is 18.4. The zero-order valence-corrected chi connectivity index (χ0v) is 16.1. The molecule has 7 heteroatoms. The summed E-state index contributed by atoms with van der Waals surface area (Å²) in [6, 6.07) is 13.7. The monoisotopic (exact) mass is 421 g/mol. The molecule has 0 aromatic heterocycles. The molecule has 0 spiro atoms. The van der Waals surface area contributed by atoms with Crippen molar-refractivity contribution in [3.8, 4) is 17.6 Å². The minimum absolute atomic E-state index is 0.267. The fourth-order valence-electron chi connectivity index (χ4n) is 2.22. The molecule has 0 aliphatic heterocycles. The maximum Gasteiger partial charge on any atom is 0.192 e. The van der Waals surface area contributed by atoms with Crippen molar-refractivity contribution in [2.75, 3.05) is 14.2 Å². The molecular formula is C18H16BrNO4S. The molecule has 0 saturated carbocycles. The predicted octanol–water partition coefficient (Wildman–Crippen LogP) is 3.95. The number of nitriles is 1. The van der Waals surface area contributed by atoms with Crippen LogP contribution in [0.5, 0.6) is 11.5 Å². The Morgan fingerprint density at radius 1 is 1.12 bits per heavy atom. The Kier molecular flexibility index (Phi) is 6.23. The second-order valence-electron chi connectivity index (χ2n) is 5.08. The number of hydrogen-bond donors (Lipinski definition) is 0. The summed E-state index contributed by atoms with van der Waals surface area (Å²) in [7, 11) is -0.879. The van der Waals surface area contributed by atoms with E-state index in [9.17, 15) is 13.7 Å². The van der Waals surface area contributed by atoms with Gasteiger partial charge in [-0.25, -0.2) is 8.42 Å². The van der Waals surface area contributed by atoms with Crippen LogP contribution in [-0.2, 0) is 15.6 Å². The minimum Gasteiger partial charge on any atom is -0.496 e. The summed E-state index contributed by atoms with van der Waals surface area (Å²) in [5.74, 6) is 0.578. The van der Waals surface area contributed by atoms with Crippen molar-refractivity contribution in [1.82, 2.24) is 0 Å². The Hall–Kier alpha value is -2.30. The molecule has 0 aliphatic rings. The predicted molar refractivity (Wildman–Crippen MR) is 99.9 cm³/mol. The van der Waals surface area contributed by atoms with E-state index < -0.39 is 9.84 Å². The molecule has 0 heterocycles. The quantitative estimate of drug-likeness (QED) is 0.659. The highest BCUT2D eigenvalue weighted by molar-refractivity contribution is 9.10. The van der Waals surface area contributed by atoms with E-state index in [4.69, 9.17) is 9.47 Å². The maximum atomic E-state index is 12.6. The largest absolute Gasteiger partial charge is 0.496 e. The fourth-order valence-corrected chi connectivity index (χ4v) is 3.71. The number of sulfone groups is 1. The lowest BCUT2D eigenvalue weighted by atomic mass is 10.1. The van der Waals surface area contributed by atoms with Gasteiger partial charge in [0.25, 0.3) is 0 Å². The summed E-state index contributed by atoms with van der Waals surface area (Å²) in [5.41, 5.74) is 1.000. The van der Waals surface area contributed by atoms with Crippen molar-refractivity contribution in [2.24, 2.45) is 0 Å². The van der Waals surface area contributed by atoms with Crippen molar-refractivity contribution in [2.45, 2.75) is 5.75 Å². The van der Waals surface area contributed by atoms with Gasteiger partial charge in [-0.15, -0.1) is 0 Å². The molecule has 0 aliphatic carbocycles. The molecular weight excluding hydrogens is 406 g/mol. The highest BCUT2D eigenvalue weighted by Crippen LogP contribution is 2.31. The number of ether oxygens (including phenoxy) is 2. The van der Waals surface area contributed by atoms with Gasteiger partial charge in [0, 0.05) is 4.47 Å². The van der Waals surface area contributed by atoms with Crippen LogP contribution in [-0.4, -0.2) is 22.6 Å². The first-order valence-corrected chi connectivity index (χ1v) is 9.66. The van der Waals surface area contributed by atoms with Crippen LogP contribution in [0.15, 0.2) is 51.8 Å². The van der Waals surface area contributed by atoms with E-state index in [1.165, 1.54) is 20.3 Å². The fraction of sp³-hybridized carbons (Fsp3) is 0.167. The van der Waals surface area contributed by atoms with Crippen LogP contribution in [0.2, 0.25) is 0 Å². The SMILES string of the molecule is COc1cccc(OC)c1/C=C(\C#N)S(=O)(=O)Cc1ccc(Br)cc1. The standard InChI is InChI=1S/C18H16BrNO4S/c1-23-17-4-3-5-18(24-2)16(17)10-15(11-20)25(21,22)12-13-6-8-14(19)9-7-13/h3-10H,12H2,1-2H3/b15-10+. The molecule has 2 rings (SSSR count). The summed E-state index contributed by atoms with van der Waals surface area (Å²) < 4.78 is 36.6. The average molecular weight is 422 g/mol. The van der Waals surface area contributed by atoms with Crippen LogP contribution in [0.3, 0.4) is 0 Å². The Bertz CT molecular complexity index is 906.